The second-order valence-electron chi connectivity index (χ2n) is 8.37. The molecule has 1 aliphatic rings. The molecule has 1 unspecified atom stereocenters. The summed E-state index contributed by atoms with van der Waals surface area (Å²) in [5, 5.41) is 12.7. The van der Waals surface area contributed by atoms with Gasteiger partial charge in [-0.1, -0.05) is 18.2 Å². The third-order valence-corrected chi connectivity index (χ3v) is 6.83. The Labute approximate surface area is 211 Å². The monoisotopic (exact) mass is 522 g/mol. The number of anilines is 3. The number of rotatable bonds is 8. The van der Waals surface area contributed by atoms with Gasteiger partial charge in [-0.3, -0.25) is 9.36 Å². The zero-order chi connectivity index (χ0) is 26.7. The van der Waals surface area contributed by atoms with Crippen molar-refractivity contribution in [2.24, 2.45) is 5.92 Å². The van der Waals surface area contributed by atoms with E-state index < -0.39 is 21.4 Å². The number of nitrogens with two attached hydrogens (primary N) is 2. The second kappa shape index (κ2) is 10.2. The van der Waals surface area contributed by atoms with Crippen LogP contribution in [0.25, 0.3) is 17.1 Å². The first-order valence-electron chi connectivity index (χ1n) is 11.1. The molecule has 0 aliphatic heterocycles. The van der Waals surface area contributed by atoms with Gasteiger partial charge in [-0.2, -0.15) is 15.2 Å². The number of aromatic nitrogens is 4. The molecule has 11 nitrogen and oxygen atoms in total. The molecule has 37 heavy (non-hydrogen) atoms. The van der Waals surface area contributed by atoms with Crippen molar-refractivity contribution in [1.29, 1.82) is 5.26 Å². The van der Waals surface area contributed by atoms with Gasteiger partial charge in [0.05, 0.1) is 28.2 Å². The van der Waals surface area contributed by atoms with E-state index in [2.05, 4.69) is 20.3 Å². The van der Waals surface area contributed by atoms with E-state index in [0.29, 0.717) is 6.33 Å². The van der Waals surface area contributed by atoms with E-state index in [1.165, 1.54) is 41.1 Å². The first kappa shape index (κ1) is 25.5. The predicted octanol–water partition coefficient (Wildman–Crippen LogP) is 2.70. The standard InChI is InChI=1S/C24H23FN8O3S/c1-37(35,36)17-8-6-7-16-18(17)23(34)33(12-5-3-2-4-11-25)22(29-16)19(14-9-10-14)30-21-15(13-26)20(27)31-24(28)32-21/h2-8,11-12,14,19H,9-10H2,1H3,(H5,27,28,30,31,32)/b3-2-,11-4+,12-5+. The molecule has 13 heteroatoms. The molecule has 2 heterocycles. The van der Waals surface area contributed by atoms with Gasteiger partial charge in [-0.25, -0.2) is 17.8 Å². The summed E-state index contributed by atoms with van der Waals surface area (Å²) in [7, 11) is -3.74. The van der Waals surface area contributed by atoms with E-state index in [4.69, 9.17) is 11.5 Å². The quantitative estimate of drug-likeness (QED) is 0.372. The van der Waals surface area contributed by atoms with Crippen LogP contribution in [-0.2, 0) is 9.84 Å². The molecule has 0 saturated heterocycles. The summed E-state index contributed by atoms with van der Waals surface area (Å²) in [5.41, 5.74) is 11.2. The largest absolute Gasteiger partial charge is 0.382 e. The molecule has 0 amide bonds. The fourth-order valence-corrected chi connectivity index (χ4v) is 4.78. The molecular weight excluding hydrogens is 499 g/mol. The molecule has 1 aliphatic carbocycles. The van der Waals surface area contributed by atoms with Crippen molar-refractivity contribution < 1.29 is 12.8 Å². The van der Waals surface area contributed by atoms with Crippen LogP contribution in [0.5, 0.6) is 0 Å². The Morgan fingerprint density at radius 2 is 1.92 bits per heavy atom. The number of sulfone groups is 1. The van der Waals surface area contributed by atoms with Crippen molar-refractivity contribution in [3.05, 3.63) is 70.6 Å². The van der Waals surface area contributed by atoms with Crippen molar-refractivity contribution in [2.45, 2.75) is 23.8 Å². The zero-order valence-corrected chi connectivity index (χ0v) is 20.5. The molecule has 3 aromatic rings. The highest BCUT2D eigenvalue weighted by Crippen LogP contribution is 2.43. The van der Waals surface area contributed by atoms with Crippen LogP contribution in [-0.4, -0.2) is 34.2 Å². The Bertz CT molecular complexity index is 1670. The van der Waals surface area contributed by atoms with E-state index >= 15 is 0 Å². The third-order valence-electron chi connectivity index (χ3n) is 5.69. The van der Waals surface area contributed by atoms with Crippen LogP contribution in [0.3, 0.4) is 0 Å². The highest BCUT2D eigenvalue weighted by molar-refractivity contribution is 7.91. The third kappa shape index (κ3) is 5.34. The lowest BCUT2D eigenvalue weighted by atomic mass is 10.1. The second-order valence-corrected chi connectivity index (χ2v) is 10.4. The number of nitrogens with zero attached hydrogens (tertiary/aromatic N) is 5. The number of nitrogens with one attached hydrogen (secondary N) is 1. The van der Waals surface area contributed by atoms with Crippen LogP contribution in [0.2, 0.25) is 0 Å². The molecule has 5 N–H and O–H groups in total. The fraction of sp³-hybridized carbons (Fsp3) is 0.208. The summed E-state index contributed by atoms with van der Waals surface area (Å²) >= 11 is 0. The van der Waals surface area contributed by atoms with E-state index in [9.17, 15) is 22.9 Å². The predicted molar refractivity (Wildman–Crippen MR) is 138 cm³/mol. The first-order chi connectivity index (χ1) is 17.7. The number of halogens is 1. The van der Waals surface area contributed by atoms with Gasteiger partial charge in [0.15, 0.2) is 15.7 Å². The molecule has 4 rings (SSSR count). The smallest absolute Gasteiger partial charge is 0.266 e. The van der Waals surface area contributed by atoms with E-state index in [1.54, 1.807) is 6.07 Å². The van der Waals surface area contributed by atoms with Crippen molar-refractivity contribution in [1.82, 2.24) is 19.5 Å². The lowest BCUT2D eigenvalue weighted by molar-refractivity contribution is 0.601. The number of hydrogen-bond donors (Lipinski definition) is 3. The fourth-order valence-electron chi connectivity index (χ4n) is 3.89. The highest BCUT2D eigenvalue weighted by Gasteiger charge is 2.37. The van der Waals surface area contributed by atoms with Crippen LogP contribution in [0.15, 0.2) is 58.5 Å². The number of benzene rings is 1. The lowest BCUT2D eigenvalue weighted by Gasteiger charge is -2.22. The van der Waals surface area contributed by atoms with Crippen LogP contribution < -0.4 is 22.3 Å². The number of nitriles is 1. The molecule has 1 aromatic carbocycles. The summed E-state index contributed by atoms with van der Waals surface area (Å²) in [6.07, 6.45) is 9.97. The van der Waals surface area contributed by atoms with Gasteiger partial charge in [0.2, 0.25) is 5.95 Å². The number of allylic oxidation sites excluding steroid dienone is 4. The summed E-state index contributed by atoms with van der Waals surface area (Å²) in [6, 6.07) is 5.76. The van der Waals surface area contributed by atoms with Crippen molar-refractivity contribution in [2.75, 3.05) is 23.0 Å². The topological polar surface area (TPSA) is 183 Å². The molecule has 0 spiro atoms. The van der Waals surface area contributed by atoms with Gasteiger partial charge in [0.1, 0.15) is 23.3 Å². The lowest BCUT2D eigenvalue weighted by Crippen LogP contribution is -2.29. The maximum Gasteiger partial charge on any atom is 0.266 e. The molecule has 0 radical (unpaired) electrons. The summed E-state index contributed by atoms with van der Waals surface area (Å²) < 4.78 is 38.4. The highest BCUT2D eigenvalue weighted by atomic mass is 32.2. The minimum atomic E-state index is -3.74. The van der Waals surface area contributed by atoms with Crippen molar-refractivity contribution >= 4 is 44.5 Å². The average molecular weight is 523 g/mol. The van der Waals surface area contributed by atoms with Gasteiger partial charge >= 0.3 is 0 Å². The van der Waals surface area contributed by atoms with Crippen LogP contribution >= 0.6 is 0 Å². The molecule has 0 bridgehead atoms. The van der Waals surface area contributed by atoms with Gasteiger partial charge < -0.3 is 16.8 Å². The molecule has 1 fully saturated rings. The van der Waals surface area contributed by atoms with E-state index in [1.807, 2.05) is 6.07 Å². The number of hydrogen-bond acceptors (Lipinski definition) is 10. The SMILES string of the molecule is CS(=O)(=O)c1cccc2nc(C(Nc3nc(N)nc(N)c3C#N)C3CC3)n(/C=C/C=C\C=C\F)c(=O)c12. The average Bonchev–Trinajstić information content (AvgIpc) is 3.67. The van der Waals surface area contributed by atoms with Crippen LogP contribution in [0.4, 0.5) is 22.0 Å². The Morgan fingerprint density at radius 1 is 1.19 bits per heavy atom. The molecule has 1 atom stereocenters. The summed E-state index contributed by atoms with van der Waals surface area (Å²) in [6.45, 7) is 0. The van der Waals surface area contributed by atoms with Gasteiger partial charge in [0.25, 0.3) is 5.56 Å². The molecule has 2 aromatic heterocycles. The van der Waals surface area contributed by atoms with Gasteiger partial charge in [0, 0.05) is 12.5 Å². The van der Waals surface area contributed by atoms with E-state index in [-0.39, 0.29) is 50.7 Å². The van der Waals surface area contributed by atoms with Crippen molar-refractivity contribution in [3.63, 3.8) is 0 Å². The molecule has 1 saturated carbocycles. The van der Waals surface area contributed by atoms with Crippen LogP contribution in [0, 0.1) is 17.2 Å². The number of fused-ring (bicyclic) bond motifs is 1. The molecule has 190 valence electrons. The Morgan fingerprint density at radius 3 is 2.57 bits per heavy atom. The Balaban J connectivity index is 1.97. The zero-order valence-electron chi connectivity index (χ0n) is 19.7. The summed E-state index contributed by atoms with van der Waals surface area (Å²) in [4.78, 5) is 26.2. The Hall–Kier alpha value is -4.57. The number of nitrogen functional groups attached to an aromatic ring is 2. The van der Waals surface area contributed by atoms with E-state index in [0.717, 1.165) is 25.2 Å². The Kier molecular flexibility index (Phi) is 7.03. The van der Waals surface area contributed by atoms with Crippen molar-refractivity contribution in [3.8, 4) is 6.07 Å². The summed E-state index contributed by atoms with van der Waals surface area (Å²) in [5.74, 6) is 0.139. The minimum absolute atomic E-state index is 0.00890. The normalized spacial score (nSPS) is 15.1. The maximum absolute atomic E-state index is 13.7. The van der Waals surface area contributed by atoms with Gasteiger partial charge in [-0.15, -0.1) is 0 Å². The minimum Gasteiger partial charge on any atom is -0.382 e. The van der Waals surface area contributed by atoms with Crippen LogP contribution in [0.1, 0.15) is 30.3 Å². The first-order valence-corrected chi connectivity index (χ1v) is 13.0. The maximum atomic E-state index is 13.7. The molecular formula is C24H23FN8O3S. The van der Waals surface area contributed by atoms with Gasteiger partial charge in [-0.05, 0) is 43.0 Å².